The van der Waals surface area contributed by atoms with Crippen LogP contribution in [0.1, 0.15) is 64.4 Å². The summed E-state index contributed by atoms with van der Waals surface area (Å²) in [5.41, 5.74) is 3.69. The quantitative estimate of drug-likeness (QED) is 0.724. The van der Waals surface area contributed by atoms with Crippen LogP contribution in [0.3, 0.4) is 0 Å². The molecule has 0 radical (unpaired) electrons. The molecule has 0 aromatic heterocycles. The summed E-state index contributed by atoms with van der Waals surface area (Å²) in [5.74, 6) is 0.771. The van der Waals surface area contributed by atoms with E-state index < -0.39 is 0 Å². The van der Waals surface area contributed by atoms with Crippen molar-refractivity contribution in [2.45, 2.75) is 58.8 Å². The molecule has 2 fully saturated rings. The van der Waals surface area contributed by atoms with Gasteiger partial charge in [0.2, 0.25) is 0 Å². The van der Waals surface area contributed by atoms with E-state index in [-0.39, 0.29) is 12.4 Å². The van der Waals surface area contributed by atoms with Gasteiger partial charge in [-0.1, -0.05) is 39.0 Å². The number of halogens is 1. The summed E-state index contributed by atoms with van der Waals surface area (Å²) in [6.07, 6.45) is 6.74. The fraction of sp³-hybridized carbons (Fsp3) is 0.714. The van der Waals surface area contributed by atoms with Crippen molar-refractivity contribution in [2.24, 2.45) is 5.41 Å². The summed E-state index contributed by atoms with van der Waals surface area (Å²) in [4.78, 5) is 5.25. The minimum absolute atomic E-state index is 0. The minimum Gasteiger partial charge on any atom is -0.369 e. The molecule has 1 aliphatic heterocycles. The minimum atomic E-state index is 0. The third-order valence-electron chi connectivity index (χ3n) is 5.97. The van der Waals surface area contributed by atoms with E-state index >= 15 is 0 Å². The molecule has 3 heteroatoms. The smallest absolute Gasteiger partial charge is 0.0402 e. The van der Waals surface area contributed by atoms with E-state index in [0.29, 0.717) is 5.41 Å². The summed E-state index contributed by atoms with van der Waals surface area (Å²) in [6, 6.07) is 9.23. The number of anilines is 1. The summed E-state index contributed by atoms with van der Waals surface area (Å²) < 4.78 is 0. The molecule has 136 valence electrons. The molecule has 2 nitrogen and oxygen atoms in total. The van der Waals surface area contributed by atoms with Gasteiger partial charge in [0.15, 0.2) is 0 Å². The molecule has 3 rings (SSSR count). The van der Waals surface area contributed by atoms with Crippen LogP contribution < -0.4 is 4.90 Å². The van der Waals surface area contributed by atoms with Crippen LogP contribution in [0.2, 0.25) is 0 Å². The number of hydrogen-bond acceptors (Lipinski definition) is 2. The number of hydrogen-bond donors (Lipinski definition) is 0. The second kappa shape index (κ2) is 8.58. The first kappa shape index (κ1) is 19.6. The zero-order valence-electron chi connectivity index (χ0n) is 15.8. The van der Waals surface area contributed by atoms with E-state index in [4.69, 9.17) is 0 Å². The molecule has 1 heterocycles. The van der Waals surface area contributed by atoms with Gasteiger partial charge < -0.3 is 4.90 Å². The Hall–Kier alpha value is -0.730. The van der Waals surface area contributed by atoms with E-state index in [0.717, 1.165) is 5.92 Å². The first-order chi connectivity index (χ1) is 11.1. The molecule has 1 aromatic rings. The molecule has 0 atom stereocenters. The van der Waals surface area contributed by atoms with E-state index in [2.05, 4.69) is 54.8 Å². The van der Waals surface area contributed by atoms with E-state index in [9.17, 15) is 0 Å². The lowest BCUT2D eigenvalue weighted by atomic mass is 9.71. The third-order valence-corrected chi connectivity index (χ3v) is 5.97. The van der Waals surface area contributed by atoms with Crippen molar-refractivity contribution in [3.8, 4) is 0 Å². The Balaban J connectivity index is 0.00000208. The number of piperazine rings is 1. The first-order valence-electron chi connectivity index (χ1n) is 9.65. The molecule has 24 heavy (non-hydrogen) atoms. The van der Waals surface area contributed by atoms with Gasteiger partial charge in [-0.2, -0.15) is 0 Å². The highest BCUT2D eigenvalue weighted by molar-refractivity contribution is 5.85. The van der Waals surface area contributed by atoms with E-state index in [1.165, 1.54) is 70.5 Å². The van der Waals surface area contributed by atoms with Crippen LogP contribution in [0.4, 0.5) is 5.69 Å². The van der Waals surface area contributed by atoms with Crippen LogP contribution >= 0.6 is 12.4 Å². The van der Waals surface area contributed by atoms with Gasteiger partial charge >= 0.3 is 0 Å². The second-order valence-corrected chi connectivity index (χ2v) is 8.33. The summed E-state index contributed by atoms with van der Waals surface area (Å²) in [5, 5.41) is 0. The summed E-state index contributed by atoms with van der Waals surface area (Å²) >= 11 is 0. The van der Waals surface area contributed by atoms with Gasteiger partial charge in [-0.25, -0.2) is 0 Å². The van der Waals surface area contributed by atoms with Gasteiger partial charge in [0.25, 0.3) is 0 Å². The van der Waals surface area contributed by atoms with Crippen molar-refractivity contribution in [1.29, 1.82) is 0 Å². The van der Waals surface area contributed by atoms with Crippen molar-refractivity contribution < 1.29 is 0 Å². The van der Waals surface area contributed by atoms with Gasteiger partial charge in [0.05, 0.1) is 0 Å². The summed E-state index contributed by atoms with van der Waals surface area (Å²) in [7, 11) is 0. The maximum Gasteiger partial charge on any atom is 0.0402 e. The first-order valence-corrected chi connectivity index (χ1v) is 9.65. The highest BCUT2D eigenvalue weighted by Gasteiger charge is 2.29. The Morgan fingerprint density at radius 2 is 1.62 bits per heavy atom. The van der Waals surface area contributed by atoms with Crippen LogP contribution in [-0.2, 0) is 0 Å². The molecular weight excluding hydrogens is 316 g/mol. The molecule has 0 bridgehead atoms. The van der Waals surface area contributed by atoms with Crippen LogP contribution in [-0.4, -0.2) is 37.6 Å². The van der Waals surface area contributed by atoms with Crippen molar-refractivity contribution in [2.75, 3.05) is 37.6 Å². The SMILES string of the molecule is CCCN1CCN(c2ccccc2C2CCC(C)(C)CC2)CC1.Cl. The average Bonchev–Trinajstić information content (AvgIpc) is 2.56. The molecule has 2 aliphatic rings. The van der Waals surface area contributed by atoms with Crippen molar-refractivity contribution in [3.05, 3.63) is 29.8 Å². The van der Waals surface area contributed by atoms with Crippen molar-refractivity contribution in [3.63, 3.8) is 0 Å². The third kappa shape index (κ3) is 4.67. The lowest BCUT2D eigenvalue weighted by Crippen LogP contribution is -2.46. The van der Waals surface area contributed by atoms with Crippen LogP contribution in [0.5, 0.6) is 0 Å². The van der Waals surface area contributed by atoms with E-state index in [1.54, 1.807) is 5.56 Å². The lowest BCUT2D eigenvalue weighted by Gasteiger charge is -2.39. The molecule has 0 unspecified atom stereocenters. The molecule has 1 saturated heterocycles. The molecule has 0 amide bonds. The zero-order valence-corrected chi connectivity index (χ0v) is 16.6. The molecule has 0 spiro atoms. The Morgan fingerprint density at radius 3 is 2.25 bits per heavy atom. The molecule has 1 aromatic carbocycles. The number of para-hydroxylation sites is 1. The van der Waals surface area contributed by atoms with Gasteiger partial charge in [-0.15, -0.1) is 12.4 Å². The lowest BCUT2D eigenvalue weighted by molar-refractivity contribution is 0.224. The Morgan fingerprint density at radius 1 is 1.00 bits per heavy atom. The molecular formula is C21H35ClN2. The predicted octanol–water partition coefficient (Wildman–Crippen LogP) is 5.32. The monoisotopic (exact) mass is 350 g/mol. The van der Waals surface area contributed by atoms with E-state index in [1.807, 2.05) is 0 Å². The highest BCUT2D eigenvalue weighted by Crippen LogP contribution is 2.44. The largest absolute Gasteiger partial charge is 0.369 e. The topological polar surface area (TPSA) is 6.48 Å². The Kier molecular flexibility index (Phi) is 7.00. The summed E-state index contributed by atoms with van der Waals surface area (Å²) in [6.45, 7) is 13.2. The maximum atomic E-state index is 2.64. The highest BCUT2D eigenvalue weighted by atomic mass is 35.5. The number of rotatable bonds is 4. The average molecular weight is 351 g/mol. The molecule has 1 saturated carbocycles. The van der Waals surface area contributed by atoms with Gasteiger partial charge in [-0.3, -0.25) is 4.90 Å². The van der Waals surface area contributed by atoms with Crippen molar-refractivity contribution in [1.82, 2.24) is 4.90 Å². The fourth-order valence-corrected chi connectivity index (χ4v) is 4.36. The Bertz CT molecular complexity index is 496. The fourth-order valence-electron chi connectivity index (χ4n) is 4.36. The van der Waals surface area contributed by atoms with Crippen molar-refractivity contribution >= 4 is 18.1 Å². The van der Waals surface area contributed by atoms with Crippen LogP contribution in [0.15, 0.2) is 24.3 Å². The van der Waals surface area contributed by atoms with Gasteiger partial charge in [0.1, 0.15) is 0 Å². The normalized spacial score (nSPS) is 22.2. The van der Waals surface area contributed by atoms with Gasteiger partial charge in [0, 0.05) is 31.9 Å². The van der Waals surface area contributed by atoms with Crippen LogP contribution in [0, 0.1) is 5.41 Å². The van der Waals surface area contributed by atoms with Crippen LogP contribution in [0.25, 0.3) is 0 Å². The Labute approximate surface area is 155 Å². The second-order valence-electron chi connectivity index (χ2n) is 8.33. The predicted molar refractivity (Wildman–Crippen MR) is 108 cm³/mol. The standard InChI is InChI=1S/C21H34N2.ClH/c1-4-13-22-14-16-23(17-15-22)20-8-6-5-7-19(20)18-9-11-21(2,3)12-10-18;/h5-8,18H,4,9-17H2,1-3H3;1H. The molecule has 0 N–H and O–H groups in total. The van der Waals surface area contributed by atoms with Gasteiger partial charge in [-0.05, 0) is 61.6 Å². The zero-order chi connectivity index (χ0) is 16.3. The molecule has 1 aliphatic carbocycles. The number of benzene rings is 1. The number of nitrogens with zero attached hydrogens (tertiary/aromatic N) is 2. The maximum absolute atomic E-state index is 2.64.